The van der Waals surface area contributed by atoms with E-state index < -0.39 is 0 Å². The fraction of sp³-hybridized carbons (Fsp3) is 0.519. The van der Waals surface area contributed by atoms with Crippen LogP contribution in [-0.2, 0) is 22.7 Å². The monoisotopic (exact) mass is 494 g/mol. The van der Waals surface area contributed by atoms with E-state index in [2.05, 4.69) is 26.7 Å². The molecule has 1 aliphatic heterocycles. The van der Waals surface area contributed by atoms with Gasteiger partial charge in [0.1, 0.15) is 23.7 Å². The Hall–Kier alpha value is -3.17. The van der Waals surface area contributed by atoms with Crippen molar-refractivity contribution in [2.45, 2.75) is 53.2 Å². The van der Waals surface area contributed by atoms with E-state index >= 15 is 0 Å². The van der Waals surface area contributed by atoms with Crippen molar-refractivity contribution in [3.05, 3.63) is 41.3 Å². The SMILES string of the molecule is CCOCc1nc2c(N)nc(C)c(C)c2n1CCC1CCN(CC(=O)Nc2cccc(OC)c2)CC1. The second kappa shape index (κ2) is 11.7. The number of imidazole rings is 1. The fourth-order valence-electron chi connectivity index (χ4n) is 4.94. The molecule has 9 heteroatoms. The van der Waals surface area contributed by atoms with Crippen LogP contribution in [0.4, 0.5) is 11.5 Å². The highest BCUT2D eigenvalue weighted by molar-refractivity contribution is 5.92. The van der Waals surface area contributed by atoms with Crippen molar-refractivity contribution < 1.29 is 14.3 Å². The quantitative estimate of drug-likeness (QED) is 0.440. The number of fused-ring (bicyclic) bond motifs is 1. The molecule has 0 bridgehead atoms. The number of nitrogens with zero attached hydrogens (tertiary/aromatic N) is 4. The normalized spacial score (nSPS) is 14.9. The first-order chi connectivity index (χ1) is 17.4. The lowest BCUT2D eigenvalue weighted by Crippen LogP contribution is -2.39. The molecule has 0 aliphatic carbocycles. The standard InChI is InChI=1S/C27H38N6O3/c1-5-36-17-23-31-25-26(18(2)19(3)29-27(25)28)33(23)14-11-20-9-12-32(13-10-20)16-24(34)30-21-7-6-8-22(15-21)35-4/h6-8,15,20H,5,9-14,16-17H2,1-4H3,(H2,28,29)(H,30,34). The second-order valence-electron chi connectivity index (χ2n) is 9.51. The summed E-state index contributed by atoms with van der Waals surface area (Å²) in [5, 5.41) is 2.98. The van der Waals surface area contributed by atoms with Crippen molar-refractivity contribution in [2.24, 2.45) is 5.92 Å². The number of hydrogen-bond donors (Lipinski definition) is 2. The summed E-state index contributed by atoms with van der Waals surface area (Å²) in [5.74, 6) is 2.71. The Morgan fingerprint density at radius 1 is 1.22 bits per heavy atom. The summed E-state index contributed by atoms with van der Waals surface area (Å²) in [5.41, 5.74) is 10.9. The zero-order valence-electron chi connectivity index (χ0n) is 21.8. The van der Waals surface area contributed by atoms with Crippen LogP contribution in [0.1, 0.15) is 43.3 Å². The summed E-state index contributed by atoms with van der Waals surface area (Å²) in [7, 11) is 1.62. The lowest BCUT2D eigenvalue weighted by molar-refractivity contribution is -0.117. The smallest absolute Gasteiger partial charge is 0.238 e. The molecule has 9 nitrogen and oxygen atoms in total. The second-order valence-corrected chi connectivity index (χ2v) is 9.51. The van der Waals surface area contributed by atoms with Crippen LogP contribution in [0, 0.1) is 19.8 Å². The molecule has 0 atom stereocenters. The molecule has 0 radical (unpaired) electrons. The zero-order valence-corrected chi connectivity index (χ0v) is 21.8. The minimum absolute atomic E-state index is 0.00389. The van der Waals surface area contributed by atoms with Gasteiger partial charge in [0, 0.05) is 30.6 Å². The van der Waals surface area contributed by atoms with Gasteiger partial charge in [-0.1, -0.05) is 6.07 Å². The summed E-state index contributed by atoms with van der Waals surface area (Å²) in [6.07, 6.45) is 3.19. The molecular weight excluding hydrogens is 456 g/mol. The van der Waals surface area contributed by atoms with Gasteiger partial charge in [0.05, 0.1) is 19.2 Å². The van der Waals surface area contributed by atoms with Crippen molar-refractivity contribution in [2.75, 3.05) is 44.4 Å². The van der Waals surface area contributed by atoms with E-state index in [1.165, 1.54) is 0 Å². The van der Waals surface area contributed by atoms with E-state index in [-0.39, 0.29) is 5.91 Å². The molecule has 194 valence electrons. The number of benzene rings is 1. The topological polar surface area (TPSA) is 108 Å². The number of carbonyl (C=O) groups is 1. The molecule has 1 amide bonds. The van der Waals surface area contributed by atoms with Crippen molar-refractivity contribution in [1.82, 2.24) is 19.4 Å². The molecule has 4 rings (SSSR count). The lowest BCUT2D eigenvalue weighted by Gasteiger charge is -2.31. The first kappa shape index (κ1) is 25.9. The number of ether oxygens (including phenoxy) is 2. The van der Waals surface area contributed by atoms with Gasteiger partial charge >= 0.3 is 0 Å². The molecule has 36 heavy (non-hydrogen) atoms. The Bertz CT molecular complexity index is 1200. The number of nitrogens with two attached hydrogens (primary N) is 1. The Labute approximate surface area is 213 Å². The third-order valence-corrected chi connectivity index (χ3v) is 7.10. The van der Waals surface area contributed by atoms with E-state index in [1.54, 1.807) is 7.11 Å². The van der Waals surface area contributed by atoms with E-state index in [4.69, 9.17) is 20.2 Å². The van der Waals surface area contributed by atoms with Gasteiger partial charge in [0.25, 0.3) is 0 Å². The Morgan fingerprint density at radius 3 is 2.72 bits per heavy atom. The molecule has 3 N–H and O–H groups in total. The van der Waals surface area contributed by atoms with E-state index in [9.17, 15) is 4.79 Å². The number of carbonyl (C=O) groups excluding carboxylic acids is 1. The van der Waals surface area contributed by atoms with Crippen LogP contribution in [0.15, 0.2) is 24.3 Å². The van der Waals surface area contributed by atoms with E-state index in [0.717, 1.165) is 78.4 Å². The van der Waals surface area contributed by atoms with Gasteiger partial charge in [-0.2, -0.15) is 0 Å². The molecular formula is C27H38N6O3. The maximum absolute atomic E-state index is 12.5. The number of methoxy groups -OCH3 is 1. The first-order valence-electron chi connectivity index (χ1n) is 12.7. The minimum Gasteiger partial charge on any atom is -0.497 e. The number of amides is 1. The number of nitrogen functional groups attached to an aromatic ring is 1. The molecule has 2 aromatic heterocycles. The van der Waals surface area contributed by atoms with Gasteiger partial charge in [0.15, 0.2) is 5.82 Å². The molecule has 0 unspecified atom stereocenters. The van der Waals surface area contributed by atoms with Crippen molar-refractivity contribution in [1.29, 1.82) is 0 Å². The Balaban J connectivity index is 1.34. The maximum Gasteiger partial charge on any atom is 0.238 e. The van der Waals surface area contributed by atoms with E-state index in [0.29, 0.717) is 31.5 Å². The molecule has 1 saturated heterocycles. The van der Waals surface area contributed by atoms with Crippen LogP contribution in [0.5, 0.6) is 5.75 Å². The molecule has 1 fully saturated rings. The molecule has 3 heterocycles. The highest BCUT2D eigenvalue weighted by atomic mass is 16.5. The van der Waals surface area contributed by atoms with Crippen molar-refractivity contribution >= 4 is 28.4 Å². The number of pyridine rings is 1. The fourth-order valence-corrected chi connectivity index (χ4v) is 4.94. The van der Waals surface area contributed by atoms with Crippen molar-refractivity contribution in [3.63, 3.8) is 0 Å². The van der Waals surface area contributed by atoms with Gasteiger partial charge in [-0.15, -0.1) is 0 Å². The number of piperidine rings is 1. The summed E-state index contributed by atoms with van der Waals surface area (Å²) in [4.78, 5) is 24.0. The van der Waals surface area contributed by atoms with E-state index in [1.807, 2.05) is 38.1 Å². The number of nitrogens with one attached hydrogen (secondary N) is 1. The molecule has 3 aromatic rings. The molecule has 1 aromatic carbocycles. The summed E-state index contributed by atoms with van der Waals surface area (Å²) in [6, 6.07) is 7.44. The van der Waals surface area contributed by atoms with Crippen LogP contribution in [0.2, 0.25) is 0 Å². The number of hydrogen-bond acceptors (Lipinski definition) is 7. The van der Waals surface area contributed by atoms with Crippen molar-refractivity contribution in [3.8, 4) is 5.75 Å². The van der Waals surface area contributed by atoms with Crippen LogP contribution >= 0.6 is 0 Å². The van der Waals surface area contributed by atoms with Gasteiger partial charge in [0.2, 0.25) is 5.91 Å². The summed E-state index contributed by atoms with van der Waals surface area (Å²) >= 11 is 0. The predicted molar refractivity (Wildman–Crippen MR) is 142 cm³/mol. The number of rotatable bonds is 10. The summed E-state index contributed by atoms with van der Waals surface area (Å²) in [6.45, 7) is 10.3. The first-order valence-corrected chi connectivity index (χ1v) is 12.7. The number of aryl methyl sites for hydroxylation is 3. The van der Waals surface area contributed by atoms with Gasteiger partial charge in [-0.05, 0) is 76.7 Å². The minimum atomic E-state index is 0.00389. The third-order valence-electron chi connectivity index (χ3n) is 7.10. The maximum atomic E-state index is 12.5. The third kappa shape index (κ3) is 5.96. The number of likely N-dealkylation sites (tertiary alicyclic amines) is 1. The highest BCUT2D eigenvalue weighted by Gasteiger charge is 2.23. The average molecular weight is 495 g/mol. The zero-order chi connectivity index (χ0) is 25.7. The molecule has 0 spiro atoms. The van der Waals surface area contributed by atoms with Crippen LogP contribution in [0.25, 0.3) is 11.0 Å². The average Bonchev–Trinajstić information content (AvgIpc) is 3.24. The molecule has 1 aliphatic rings. The largest absolute Gasteiger partial charge is 0.497 e. The highest BCUT2D eigenvalue weighted by Crippen LogP contribution is 2.29. The Kier molecular flexibility index (Phi) is 8.43. The Morgan fingerprint density at radius 2 is 2.00 bits per heavy atom. The van der Waals surface area contributed by atoms with Gasteiger partial charge in [-0.25, -0.2) is 9.97 Å². The predicted octanol–water partition coefficient (Wildman–Crippen LogP) is 3.92. The van der Waals surface area contributed by atoms with Gasteiger partial charge in [-0.3, -0.25) is 9.69 Å². The summed E-state index contributed by atoms with van der Waals surface area (Å²) < 4.78 is 13.2. The van der Waals surface area contributed by atoms with Crippen LogP contribution in [-0.4, -0.2) is 58.7 Å². The number of anilines is 2. The van der Waals surface area contributed by atoms with Crippen LogP contribution in [0.3, 0.4) is 0 Å². The molecule has 0 saturated carbocycles. The van der Waals surface area contributed by atoms with Crippen LogP contribution < -0.4 is 15.8 Å². The lowest BCUT2D eigenvalue weighted by atomic mass is 9.93. The number of aromatic nitrogens is 3. The van der Waals surface area contributed by atoms with Gasteiger partial charge < -0.3 is 25.1 Å².